The number of benzene rings is 1. The van der Waals surface area contributed by atoms with E-state index in [2.05, 4.69) is 27.8 Å². The lowest BCUT2D eigenvalue weighted by molar-refractivity contribution is -0.121. The molecule has 1 fully saturated rings. The minimum absolute atomic E-state index is 0.0812. The number of nitrogens with two attached hydrogens (primary N) is 1. The van der Waals surface area contributed by atoms with Crippen LogP contribution < -0.4 is 16.4 Å². The quantitative estimate of drug-likeness (QED) is 0.531. The molecular formula is C18H28N4O. The van der Waals surface area contributed by atoms with Crippen LogP contribution in [0.4, 0.5) is 0 Å². The van der Waals surface area contributed by atoms with Gasteiger partial charge in [-0.3, -0.25) is 9.79 Å². The minimum Gasteiger partial charge on any atom is -0.370 e. The van der Waals surface area contributed by atoms with Crippen LogP contribution in [0.2, 0.25) is 0 Å². The molecule has 1 aliphatic carbocycles. The van der Waals surface area contributed by atoms with Gasteiger partial charge in [-0.2, -0.15) is 0 Å². The van der Waals surface area contributed by atoms with Crippen LogP contribution in [0.1, 0.15) is 44.1 Å². The van der Waals surface area contributed by atoms with E-state index in [1.54, 1.807) is 0 Å². The summed E-state index contributed by atoms with van der Waals surface area (Å²) in [4.78, 5) is 16.1. The molecule has 5 heteroatoms. The summed E-state index contributed by atoms with van der Waals surface area (Å²) in [5.41, 5.74) is 7.08. The highest BCUT2D eigenvalue weighted by Crippen LogP contribution is 2.17. The molecule has 2 rings (SSSR count). The predicted molar refractivity (Wildman–Crippen MR) is 94.3 cm³/mol. The number of hydrogen-bond acceptors (Lipinski definition) is 2. The fourth-order valence-electron chi connectivity index (χ4n) is 2.86. The second-order valence-corrected chi connectivity index (χ2v) is 6.08. The maximum Gasteiger partial charge on any atom is 0.222 e. The van der Waals surface area contributed by atoms with Crippen LogP contribution in [-0.4, -0.2) is 31.0 Å². The summed E-state index contributed by atoms with van der Waals surface area (Å²) in [6.07, 6.45) is 7.26. The van der Waals surface area contributed by atoms with Crippen LogP contribution in [-0.2, 0) is 11.2 Å². The third-order valence-corrected chi connectivity index (χ3v) is 4.15. The average Bonchev–Trinajstić information content (AvgIpc) is 2.57. The summed E-state index contributed by atoms with van der Waals surface area (Å²) < 4.78 is 0. The van der Waals surface area contributed by atoms with Gasteiger partial charge in [0.05, 0.1) is 6.54 Å². The molecule has 5 nitrogen and oxygen atoms in total. The molecule has 0 radical (unpaired) electrons. The molecule has 1 aliphatic rings. The Balaban J connectivity index is 1.57. The first-order chi connectivity index (χ1) is 11.2. The molecule has 1 aromatic rings. The van der Waals surface area contributed by atoms with Gasteiger partial charge < -0.3 is 16.4 Å². The van der Waals surface area contributed by atoms with Crippen LogP contribution in [0.25, 0.3) is 0 Å². The van der Waals surface area contributed by atoms with Crippen molar-refractivity contribution in [3.8, 4) is 0 Å². The van der Waals surface area contributed by atoms with Gasteiger partial charge in [-0.05, 0) is 24.8 Å². The summed E-state index contributed by atoms with van der Waals surface area (Å²) in [5, 5.41) is 6.17. The van der Waals surface area contributed by atoms with Crippen LogP contribution in [0.15, 0.2) is 35.3 Å². The third kappa shape index (κ3) is 7.17. The molecule has 4 N–H and O–H groups in total. The first-order valence-corrected chi connectivity index (χ1v) is 8.61. The molecule has 0 aromatic heterocycles. The molecule has 0 spiro atoms. The highest BCUT2D eigenvalue weighted by atomic mass is 16.1. The van der Waals surface area contributed by atoms with Gasteiger partial charge in [-0.25, -0.2) is 0 Å². The Morgan fingerprint density at radius 1 is 1.17 bits per heavy atom. The summed E-state index contributed by atoms with van der Waals surface area (Å²) in [6, 6.07) is 10.6. The highest BCUT2D eigenvalue weighted by Gasteiger charge is 2.15. The highest BCUT2D eigenvalue weighted by molar-refractivity contribution is 5.79. The number of amides is 1. The van der Waals surface area contributed by atoms with E-state index in [4.69, 9.17) is 5.73 Å². The zero-order chi connectivity index (χ0) is 16.3. The summed E-state index contributed by atoms with van der Waals surface area (Å²) in [6.45, 7) is 1.18. The molecule has 0 atom stereocenters. The normalized spacial score (nSPS) is 16.1. The first-order valence-electron chi connectivity index (χ1n) is 8.61. The van der Waals surface area contributed by atoms with Crippen molar-refractivity contribution < 1.29 is 4.79 Å². The maximum atomic E-state index is 11.9. The zero-order valence-electron chi connectivity index (χ0n) is 13.8. The Morgan fingerprint density at radius 2 is 1.91 bits per heavy atom. The fraction of sp³-hybridized carbons (Fsp3) is 0.556. The predicted octanol–water partition coefficient (Wildman–Crippen LogP) is 1.97. The van der Waals surface area contributed by atoms with Gasteiger partial charge in [0.25, 0.3) is 0 Å². The van der Waals surface area contributed by atoms with Crippen LogP contribution >= 0.6 is 0 Å². The van der Waals surface area contributed by atoms with E-state index in [0.29, 0.717) is 25.0 Å². The molecule has 0 bridgehead atoms. The van der Waals surface area contributed by atoms with Crippen molar-refractivity contribution in [2.75, 3.05) is 13.1 Å². The third-order valence-electron chi connectivity index (χ3n) is 4.15. The average molecular weight is 316 g/mol. The molecular weight excluding hydrogens is 288 g/mol. The van der Waals surface area contributed by atoms with Crippen molar-refractivity contribution in [2.45, 2.75) is 51.0 Å². The topological polar surface area (TPSA) is 79.5 Å². The minimum atomic E-state index is 0.0812. The SMILES string of the molecule is NC(=NCCC(=O)NC1CCCCC1)NCCc1ccccc1. The first kappa shape index (κ1) is 17.3. The smallest absolute Gasteiger partial charge is 0.222 e. The summed E-state index contributed by atoms with van der Waals surface area (Å²) >= 11 is 0. The van der Waals surface area contributed by atoms with Gasteiger partial charge in [0, 0.05) is 19.0 Å². The fourth-order valence-corrected chi connectivity index (χ4v) is 2.86. The Kier molecular flexibility index (Phi) is 7.43. The summed E-state index contributed by atoms with van der Waals surface area (Å²) in [5.74, 6) is 0.490. The largest absolute Gasteiger partial charge is 0.370 e. The van der Waals surface area contributed by atoms with E-state index in [1.165, 1.54) is 24.8 Å². The van der Waals surface area contributed by atoms with Crippen molar-refractivity contribution >= 4 is 11.9 Å². The van der Waals surface area contributed by atoms with E-state index in [1.807, 2.05) is 18.2 Å². The van der Waals surface area contributed by atoms with E-state index in [-0.39, 0.29) is 5.91 Å². The monoisotopic (exact) mass is 316 g/mol. The number of guanidine groups is 1. The molecule has 126 valence electrons. The summed E-state index contributed by atoms with van der Waals surface area (Å²) in [7, 11) is 0. The number of rotatable bonds is 7. The molecule has 23 heavy (non-hydrogen) atoms. The second-order valence-electron chi connectivity index (χ2n) is 6.08. The van der Waals surface area contributed by atoms with Crippen LogP contribution in [0, 0.1) is 0 Å². The number of hydrogen-bond donors (Lipinski definition) is 3. The number of nitrogens with zero attached hydrogens (tertiary/aromatic N) is 1. The van der Waals surface area contributed by atoms with Crippen molar-refractivity contribution in [3.05, 3.63) is 35.9 Å². The van der Waals surface area contributed by atoms with Gasteiger partial charge >= 0.3 is 0 Å². The lowest BCUT2D eigenvalue weighted by atomic mass is 9.95. The number of carbonyl (C=O) groups excluding carboxylic acids is 1. The molecule has 1 saturated carbocycles. The Hall–Kier alpha value is -2.04. The van der Waals surface area contributed by atoms with Gasteiger partial charge in [0.15, 0.2) is 5.96 Å². The van der Waals surface area contributed by atoms with Crippen LogP contribution in [0.3, 0.4) is 0 Å². The van der Waals surface area contributed by atoms with Crippen molar-refractivity contribution in [1.29, 1.82) is 0 Å². The van der Waals surface area contributed by atoms with Gasteiger partial charge in [-0.15, -0.1) is 0 Å². The molecule has 0 aliphatic heterocycles. The van der Waals surface area contributed by atoms with Gasteiger partial charge in [-0.1, -0.05) is 49.6 Å². The van der Waals surface area contributed by atoms with Crippen molar-refractivity contribution in [3.63, 3.8) is 0 Å². The zero-order valence-corrected chi connectivity index (χ0v) is 13.8. The van der Waals surface area contributed by atoms with Crippen LogP contribution in [0.5, 0.6) is 0 Å². The van der Waals surface area contributed by atoms with E-state index in [0.717, 1.165) is 25.8 Å². The number of aliphatic imine (C=N–C) groups is 1. The standard InChI is InChI=1S/C18H28N4O/c19-18(20-13-11-15-7-3-1-4-8-15)21-14-12-17(23)22-16-9-5-2-6-10-16/h1,3-4,7-8,16H,2,5-6,9-14H2,(H,22,23)(H3,19,20,21). The molecule has 0 saturated heterocycles. The van der Waals surface area contributed by atoms with E-state index in [9.17, 15) is 4.79 Å². The number of nitrogens with one attached hydrogen (secondary N) is 2. The van der Waals surface area contributed by atoms with Gasteiger partial charge in [0.2, 0.25) is 5.91 Å². The Labute approximate surface area is 138 Å². The Morgan fingerprint density at radius 3 is 2.65 bits per heavy atom. The Bertz CT molecular complexity index is 495. The molecule has 0 unspecified atom stereocenters. The molecule has 1 amide bonds. The second kappa shape index (κ2) is 9.87. The van der Waals surface area contributed by atoms with Crippen molar-refractivity contribution in [2.24, 2.45) is 10.7 Å². The van der Waals surface area contributed by atoms with Gasteiger partial charge in [0.1, 0.15) is 0 Å². The molecule has 1 aromatic carbocycles. The maximum absolute atomic E-state index is 11.9. The lowest BCUT2D eigenvalue weighted by Crippen LogP contribution is -2.37. The van der Waals surface area contributed by atoms with Crippen molar-refractivity contribution in [1.82, 2.24) is 10.6 Å². The molecule has 0 heterocycles. The van der Waals surface area contributed by atoms with E-state index < -0.39 is 0 Å². The van der Waals surface area contributed by atoms with E-state index >= 15 is 0 Å². The lowest BCUT2D eigenvalue weighted by Gasteiger charge is -2.22. The number of carbonyl (C=O) groups is 1.